The van der Waals surface area contributed by atoms with Crippen LogP contribution < -0.4 is 10.5 Å². The molecule has 72 valence electrons. The summed E-state index contributed by atoms with van der Waals surface area (Å²) in [7, 11) is 1.51. The quantitative estimate of drug-likeness (QED) is 0.780. The van der Waals surface area contributed by atoms with Gasteiger partial charge in [-0.3, -0.25) is 0 Å². The molecule has 3 heteroatoms. The molecule has 0 saturated heterocycles. The molecule has 1 atom stereocenters. The monoisotopic (exact) mass is 183 g/mol. The largest absolute Gasteiger partial charge is 0.496 e. The van der Waals surface area contributed by atoms with E-state index in [-0.39, 0.29) is 11.9 Å². The Balaban J connectivity index is 3.14. The standard InChI is InChI=1S/C10H14FNO/c1-3-8(12)10-7(11)5-4-6-9(10)13-2/h4-6,8H,3,12H2,1-2H3/t8-/m1/s1. The summed E-state index contributed by atoms with van der Waals surface area (Å²) in [5.41, 5.74) is 6.22. The van der Waals surface area contributed by atoms with Crippen LogP contribution in [-0.2, 0) is 0 Å². The van der Waals surface area contributed by atoms with E-state index in [4.69, 9.17) is 10.5 Å². The minimum absolute atomic E-state index is 0.295. The molecule has 1 aromatic carbocycles. The first-order valence-corrected chi connectivity index (χ1v) is 4.28. The summed E-state index contributed by atoms with van der Waals surface area (Å²) in [5.74, 6) is 0.225. The molecule has 0 heterocycles. The van der Waals surface area contributed by atoms with Crippen LogP contribution in [0.2, 0.25) is 0 Å². The van der Waals surface area contributed by atoms with E-state index in [2.05, 4.69) is 0 Å². The topological polar surface area (TPSA) is 35.2 Å². The minimum Gasteiger partial charge on any atom is -0.496 e. The normalized spacial score (nSPS) is 12.6. The molecule has 0 aliphatic carbocycles. The average molecular weight is 183 g/mol. The number of halogens is 1. The zero-order valence-electron chi connectivity index (χ0n) is 7.88. The molecular weight excluding hydrogens is 169 g/mol. The molecule has 0 amide bonds. The number of benzene rings is 1. The number of rotatable bonds is 3. The van der Waals surface area contributed by atoms with Gasteiger partial charge in [-0.2, -0.15) is 0 Å². The molecule has 0 aliphatic heterocycles. The SMILES string of the molecule is CC[C@@H](N)c1c(F)cccc1OC. The number of ether oxygens (including phenoxy) is 1. The van der Waals surface area contributed by atoms with Gasteiger partial charge in [0.05, 0.1) is 7.11 Å². The van der Waals surface area contributed by atoms with Crippen molar-refractivity contribution in [3.8, 4) is 5.75 Å². The highest BCUT2D eigenvalue weighted by atomic mass is 19.1. The van der Waals surface area contributed by atoms with E-state index < -0.39 is 0 Å². The van der Waals surface area contributed by atoms with Crippen molar-refractivity contribution >= 4 is 0 Å². The van der Waals surface area contributed by atoms with Crippen molar-refractivity contribution in [3.05, 3.63) is 29.6 Å². The Kier molecular flexibility index (Phi) is 3.25. The molecule has 2 nitrogen and oxygen atoms in total. The van der Waals surface area contributed by atoms with Crippen LogP contribution in [0, 0.1) is 5.82 Å². The van der Waals surface area contributed by atoms with Crippen LogP contribution in [0.15, 0.2) is 18.2 Å². The Morgan fingerprint density at radius 3 is 2.77 bits per heavy atom. The predicted molar refractivity (Wildman–Crippen MR) is 50.2 cm³/mol. The number of hydrogen-bond acceptors (Lipinski definition) is 2. The van der Waals surface area contributed by atoms with Gasteiger partial charge in [0.1, 0.15) is 11.6 Å². The van der Waals surface area contributed by atoms with Crippen molar-refractivity contribution in [2.45, 2.75) is 19.4 Å². The molecule has 0 radical (unpaired) electrons. The van der Waals surface area contributed by atoms with Crippen LogP contribution >= 0.6 is 0 Å². The van der Waals surface area contributed by atoms with Crippen LogP contribution in [0.5, 0.6) is 5.75 Å². The highest BCUT2D eigenvalue weighted by molar-refractivity contribution is 5.36. The second kappa shape index (κ2) is 4.23. The third-order valence-electron chi connectivity index (χ3n) is 2.04. The van der Waals surface area contributed by atoms with Crippen molar-refractivity contribution in [3.63, 3.8) is 0 Å². The van der Waals surface area contributed by atoms with E-state index >= 15 is 0 Å². The summed E-state index contributed by atoms with van der Waals surface area (Å²) in [6, 6.07) is 4.43. The molecule has 0 bridgehead atoms. The molecule has 1 rings (SSSR count). The van der Waals surface area contributed by atoms with Gasteiger partial charge in [-0.05, 0) is 18.6 Å². The zero-order chi connectivity index (χ0) is 9.84. The van der Waals surface area contributed by atoms with Gasteiger partial charge in [-0.15, -0.1) is 0 Å². The Hall–Kier alpha value is -1.09. The van der Waals surface area contributed by atoms with Gasteiger partial charge < -0.3 is 10.5 Å². The molecule has 0 aliphatic rings. The van der Waals surface area contributed by atoms with E-state index in [0.29, 0.717) is 17.7 Å². The van der Waals surface area contributed by atoms with Crippen molar-refractivity contribution in [1.29, 1.82) is 0 Å². The van der Waals surface area contributed by atoms with Gasteiger partial charge in [0, 0.05) is 11.6 Å². The van der Waals surface area contributed by atoms with Crippen LogP contribution in [0.4, 0.5) is 4.39 Å². The van der Waals surface area contributed by atoms with Gasteiger partial charge >= 0.3 is 0 Å². The van der Waals surface area contributed by atoms with Gasteiger partial charge in [-0.25, -0.2) is 4.39 Å². The van der Waals surface area contributed by atoms with Crippen LogP contribution in [0.25, 0.3) is 0 Å². The molecular formula is C10H14FNO. The first-order valence-electron chi connectivity index (χ1n) is 4.28. The second-order valence-electron chi connectivity index (χ2n) is 2.87. The Labute approximate surface area is 77.5 Å². The molecule has 13 heavy (non-hydrogen) atoms. The molecule has 0 fully saturated rings. The summed E-state index contributed by atoms with van der Waals surface area (Å²) < 4.78 is 18.3. The summed E-state index contributed by atoms with van der Waals surface area (Å²) >= 11 is 0. The van der Waals surface area contributed by atoms with Crippen molar-refractivity contribution < 1.29 is 9.13 Å². The first-order chi connectivity index (χ1) is 6.20. The Morgan fingerprint density at radius 1 is 1.54 bits per heavy atom. The zero-order valence-corrected chi connectivity index (χ0v) is 7.88. The Morgan fingerprint density at radius 2 is 2.23 bits per heavy atom. The smallest absolute Gasteiger partial charge is 0.131 e. The fraction of sp³-hybridized carbons (Fsp3) is 0.400. The van der Waals surface area contributed by atoms with E-state index in [1.165, 1.54) is 13.2 Å². The number of hydrogen-bond donors (Lipinski definition) is 1. The number of nitrogens with two attached hydrogens (primary N) is 1. The van der Waals surface area contributed by atoms with E-state index in [1.54, 1.807) is 12.1 Å². The highest BCUT2D eigenvalue weighted by Gasteiger charge is 2.14. The molecule has 0 spiro atoms. The van der Waals surface area contributed by atoms with E-state index in [0.717, 1.165) is 0 Å². The van der Waals surface area contributed by atoms with E-state index in [1.807, 2.05) is 6.92 Å². The van der Waals surface area contributed by atoms with Crippen molar-refractivity contribution in [2.75, 3.05) is 7.11 Å². The lowest BCUT2D eigenvalue weighted by Gasteiger charge is -2.14. The molecule has 0 unspecified atom stereocenters. The molecule has 1 aromatic rings. The maximum atomic E-state index is 13.3. The average Bonchev–Trinajstić information content (AvgIpc) is 2.16. The first kappa shape index (κ1) is 9.99. The predicted octanol–water partition coefficient (Wildman–Crippen LogP) is 2.24. The van der Waals surface area contributed by atoms with Crippen molar-refractivity contribution in [1.82, 2.24) is 0 Å². The lowest BCUT2D eigenvalue weighted by Crippen LogP contribution is -2.12. The third-order valence-corrected chi connectivity index (χ3v) is 2.04. The summed E-state index contributed by atoms with van der Waals surface area (Å²) in [5, 5.41) is 0. The summed E-state index contributed by atoms with van der Waals surface area (Å²) in [6.07, 6.45) is 0.692. The second-order valence-corrected chi connectivity index (χ2v) is 2.87. The third kappa shape index (κ3) is 1.98. The van der Waals surface area contributed by atoms with Gasteiger partial charge in [0.15, 0.2) is 0 Å². The van der Waals surface area contributed by atoms with E-state index in [9.17, 15) is 4.39 Å². The van der Waals surface area contributed by atoms with Gasteiger partial charge in [0.2, 0.25) is 0 Å². The maximum absolute atomic E-state index is 13.3. The van der Waals surface area contributed by atoms with Crippen LogP contribution in [0.1, 0.15) is 24.9 Å². The molecule has 0 saturated carbocycles. The van der Waals surface area contributed by atoms with Gasteiger partial charge in [-0.1, -0.05) is 13.0 Å². The highest BCUT2D eigenvalue weighted by Crippen LogP contribution is 2.27. The molecule has 0 aromatic heterocycles. The maximum Gasteiger partial charge on any atom is 0.131 e. The molecule has 2 N–H and O–H groups in total. The lowest BCUT2D eigenvalue weighted by atomic mass is 10.0. The van der Waals surface area contributed by atoms with Crippen LogP contribution in [0.3, 0.4) is 0 Å². The number of methoxy groups -OCH3 is 1. The summed E-state index contributed by atoms with van der Waals surface area (Å²) in [6.45, 7) is 1.91. The van der Waals surface area contributed by atoms with Crippen LogP contribution in [-0.4, -0.2) is 7.11 Å². The van der Waals surface area contributed by atoms with Gasteiger partial charge in [0.25, 0.3) is 0 Å². The fourth-order valence-corrected chi connectivity index (χ4v) is 1.26. The van der Waals surface area contributed by atoms with Crippen molar-refractivity contribution in [2.24, 2.45) is 5.73 Å². The fourth-order valence-electron chi connectivity index (χ4n) is 1.26. The minimum atomic E-state index is -0.297. The lowest BCUT2D eigenvalue weighted by molar-refractivity contribution is 0.398. The Bertz CT molecular complexity index is 288. The summed E-state index contributed by atoms with van der Waals surface area (Å²) in [4.78, 5) is 0.